The Morgan fingerprint density at radius 1 is 0.463 bits per heavy atom. The smallest absolute Gasteiger partial charge is 0.136 e. The first-order valence-corrected chi connectivity index (χ1v) is 19.0. The summed E-state index contributed by atoms with van der Waals surface area (Å²) in [6, 6.07) is 55.4. The van der Waals surface area contributed by atoms with Gasteiger partial charge >= 0.3 is 0 Å². The van der Waals surface area contributed by atoms with Gasteiger partial charge in [-0.25, -0.2) is 0 Å². The van der Waals surface area contributed by atoms with Gasteiger partial charge in [-0.15, -0.1) is 0 Å². The second kappa shape index (κ2) is 11.3. The molecule has 2 aromatic heterocycles. The minimum Gasteiger partial charge on any atom is -0.456 e. The molecule has 54 heavy (non-hydrogen) atoms. The Balaban J connectivity index is 1.12. The van der Waals surface area contributed by atoms with Gasteiger partial charge in [0.2, 0.25) is 0 Å². The van der Waals surface area contributed by atoms with Crippen LogP contribution in [0.1, 0.15) is 50.3 Å². The average Bonchev–Trinajstić information content (AvgIpc) is 3.86. The van der Waals surface area contributed by atoms with Crippen molar-refractivity contribution in [1.29, 1.82) is 0 Å². The zero-order chi connectivity index (χ0) is 36.3. The van der Waals surface area contributed by atoms with E-state index in [1.807, 2.05) is 12.1 Å². The highest BCUT2D eigenvalue weighted by atomic mass is 16.3. The molecule has 10 aromatic rings. The number of para-hydroxylation sites is 1. The lowest BCUT2D eigenvalue weighted by Gasteiger charge is -2.23. The maximum absolute atomic E-state index is 6.56. The first kappa shape index (κ1) is 31.2. The van der Waals surface area contributed by atoms with E-state index in [4.69, 9.17) is 8.83 Å². The fourth-order valence-corrected chi connectivity index (χ4v) is 9.39. The van der Waals surface area contributed by atoms with Crippen LogP contribution in [0.25, 0.3) is 99.2 Å². The molecule has 0 aliphatic heterocycles. The first-order chi connectivity index (χ1) is 26.3. The third kappa shape index (κ3) is 4.40. The van der Waals surface area contributed by atoms with E-state index in [0.29, 0.717) is 5.92 Å². The molecule has 11 rings (SSSR count). The standard InChI is InChI=1S/C52H38O2/c1-30(2)31-17-19-32(20-18-31)33-22-25-45-42(27-33)50-46(54-45)26-23-40-41-28-35(21-24-43(41)52(3,4)51(40)50)48-36-12-6-8-14-38(36)49(39-15-9-7-13-37(39)48)47-29-34-11-5-10-16-44(34)53-47/h5-30H,1-4H3. The SMILES string of the molecule is CC(C)c1ccc(-c2ccc3oc4ccc5c(c4c3c2)C(C)(C)c2ccc(-c3c4ccccc4c(-c4cc6ccccc6o4)c4ccccc34)cc2-5)cc1. The zero-order valence-electron chi connectivity index (χ0n) is 30.8. The lowest BCUT2D eigenvalue weighted by molar-refractivity contribution is 0.633. The van der Waals surface area contributed by atoms with E-state index in [2.05, 4.69) is 167 Å². The number of hydrogen-bond acceptors (Lipinski definition) is 2. The summed E-state index contributed by atoms with van der Waals surface area (Å²) < 4.78 is 13.1. The van der Waals surface area contributed by atoms with Crippen LogP contribution >= 0.6 is 0 Å². The number of rotatable bonds is 4. The lowest BCUT2D eigenvalue weighted by atomic mass is 9.80. The number of hydrogen-bond donors (Lipinski definition) is 0. The van der Waals surface area contributed by atoms with Gasteiger partial charge in [-0.05, 0) is 114 Å². The average molecular weight is 695 g/mol. The van der Waals surface area contributed by atoms with Crippen molar-refractivity contribution in [3.63, 3.8) is 0 Å². The monoisotopic (exact) mass is 694 g/mol. The van der Waals surface area contributed by atoms with Crippen molar-refractivity contribution in [2.75, 3.05) is 0 Å². The topological polar surface area (TPSA) is 26.3 Å². The second-order valence-electron chi connectivity index (χ2n) is 15.8. The summed E-state index contributed by atoms with van der Waals surface area (Å²) in [4.78, 5) is 0. The van der Waals surface area contributed by atoms with E-state index in [-0.39, 0.29) is 5.41 Å². The van der Waals surface area contributed by atoms with Crippen molar-refractivity contribution in [2.45, 2.75) is 39.0 Å². The molecule has 0 saturated carbocycles. The minimum atomic E-state index is -0.219. The normalized spacial score (nSPS) is 13.5. The molecular formula is C52H38O2. The largest absolute Gasteiger partial charge is 0.456 e. The maximum atomic E-state index is 6.56. The van der Waals surface area contributed by atoms with Gasteiger partial charge < -0.3 is 8.83 Å². The van der Waals surface area contributed by atoms with Crippen LogP contribution in [-0.4, -0.2) is 0 Å². The van der Waals surface area contributed by atoms with Crippen molar-refractivity contribution < 1.29 is 8.83 Å². The van der Waals surface area contributed by atoms with Gasteiger partial charge in [0.05, 0.1) is 0 Å². The highest BCUT2D eigenvalue weighted by molar-refractivity contribution is 6.21. The summed E-state index contributed by atoms with van der Waals surface area (Å²) in [5.41, 5.74) is 15.2. The van der Waals surface area contributed by atoms with E-state index in [9.17, 15) is 0 Å². The zero-order valence-corrected chi connectivity index (χ0v) is 30.8. The molecule has 0 radical (unpaired) electrons. The Bertz CT molecular complexity index is 3060. The molecule has 2 heterocycles. The highest BCUT2D eigenvalue weighted by Gasteiger charge is 2.38. The van der Waals surface area contributed by atoms with Gasteiger partial charge in [0.1, 0.15) is 22.5 Å². The van der Waals surface area contributed by atoms with E-state index < -0.39 is 0 Å². The van der Waals surface area contributed by atoms with Gasteiger partial charge in [0, 0.05) is 27.1 Å². The van der Waals surface area contributed by atoms with Crippen molar-refractivity contribution in [1.82, 2.24) is 0 Å². The molecule has 1 aliphatic carbocycles. The molecule has 2 nitrogen and oxygen atoms in total. The highest BCUT2D eigenvalue weighted by Crippen LogP contribution is 2.55. The molecule has 1 aliphatic rings. The summed E-state index contributed by atoms with van der Waals surface area (Å²) in [5.74, 6) is 1.40. The van der Waals surface area contributed by atoms with Crippen LogP contribution in [0.5, 0.6) is 0 Å². The predicted molar refractivity (Wildman–Crippen MR) is 226 cm³/mol. The maximum Gasteiger partial charge on any atom is 0.136 e. The van der Waals surface area contributed by atoms with Crippen LogP contribution < -0.4 is 0 Å². The molecular weight excluding hydrogens is 657 g/mol. The molecule has 0 spiro atoms. The van der Waals surface area contributed by atoms with Crippen LogP contribution in [0.4, 0.5) is 0 Å². The fourth-order valence-electron chi connectivity index (χ4n) is 9.39. The summed E-state index contributed by atoms with van der Waals surface area (Å²) >= 11 is 0. The van der Waals surface area contributed by atoms with Crippen LogP contribution in [0.2, 0.25) is 0 Å². The van der Waals surface area contributed by atoms with Crippen molar-refractivity contribution in [3.05, 3.63) is 168 Å². The Hall–Kier alpha value is -6.38. The summed E-state index contributed by atoms with van der Waals surface area (Å²) in [5, 5.41) is 8.31. The fraction of sp³-hybridized carbons (Fsp3) is 0.115. The Labute approximate surface area is 314 Å². The van der Waals surface area contributed by atoms with Gasteiger partial charge in [0.15, 0.2) is 0 Å². The minimum absolute atomic E-state index is 0.219. The Morgan fingerprint density at radius 3 is 1.80 bits per heavy atom. The summed E-state index contributed by atoms with van der Waals surface area (Å²) in [6.07, 6.45) is 0. The quantitative estimate of drug-likeness (QED) is 0.171. The van der Waals surface area contributed by atoms with Gasteiger partial charge in [0.25, 0.3) is 0 Å². The van der Waals surface area contributed by atoms with E-state index in [1.54, 1.807) is 0 Å². The Morgan fingerprint density at radius 2 is 1.09 bits per heavy atom. The van der Waals surface area contributed by atoms with E-state index in [1.165, 1.54) is 82.4 Å². The van der Waals surface area contributed by atoms with Crippen LogP contribution in [-0.2, 0) is 5.41 Å². The van der Waals surface area contributed by atoms with Crippen molar-refractivity contribution in [3.8, 4) is 44.7 Å². The van der Waals surface area contributed by atoms with Crippen LogP contribution in [0.3, 0.4) is 0 Å². The number of benzene rings is 8. The predicted octanol–water partition coefficient (Wildman–Crippen LogP) is 15.1. The van der Waals surface area contributed by atoms with E-state index in [0.717, 1.165) is 33.5 Å². The van der Waals surface area contributed by atoms with E-state index >= 15 is 0 Å². The van der Waals surface area contributed by atoms with Crippen LogP contribution in [0.15, 0.2) is 160 Å². The summed E-state index contributed by atoms with van der Waals surface area (Å²) in [6.45, 7) is 9.23. The molecule has 0 N–H and O–H groups in total. The molecule has 2 heteroatoms. The Kier molecular flexibility index (Phi) is 6.53. The van der Waals surface area contributed by atoms with Crippen molar-refractivity contribution >= 4 is 54.5 Å². The molecule has 0 amide bonds. The molecule has 0 unspecified atom stereocenters. The number of furan rings is 2. The van der Waals surface area contributed by atoms with Gasteiger partial charge in [-0.1, -0.05) is 143 Å². The molecule has 0 fully saturated rings. The third-order valence-corrected chi connectivity index (χ3v) is 12.0. The number of fused-ring (bicyclic) bond motifs is 10. The first-order valence-electron chi connectivity index (χ1n) is 19.0. The third-order valence-electron chi connectivity index (χ3n) is 12.0. The molecule has 0 saturated heterocycles. The molecule has 0 atom stereocenters. The second-order valence-corrected chi connectivity index (χ2v) is 15.8. The lowest BCUT2D eigenvalue weighted by Crippen LogP contribution is -2.15. The van der Waals surface area contributed by atoms with Gasteiger partial charge in [-0.2, -0.15) is 0 Å². The summed E-state index contributed by atoms with van der Waals surface area (Å²) in [7, 11) is 0. The van der Waals surface area contributed by atoms with Gasteiger partial charge in [-0.3, -0.25) is 0 Å². The molecule has 258 valence electrons. The van der Waals surface area contributed by atoms with Crippen molar-refractivity contribution in [2.24, 2.45) is 0 Å². The molecule has 0 bridgehead atoms. The molecule has 8 aromatic carbocycles. The van der Waals surface area contributed by atoms with Crippen LogP contribution in [0, 0.1) is 0 Å².